The SMILES string of the molecule is Nc1ccc(-c2csc(Nc3ccccc3Cl)n2)cc1. The first-order valence-electron chi connectivity index (χ1n) is 6.05. The molecular weight excluding hydrogens is 290 g/mol. The van der Waals surface area contributed by atoms with Crippen molar-refractivity contribution in [3.63, 3.8) is 0 Å². The van der Waals surface area contributed by atoms with E-state index in [-0.39, 0.29) is 0 Å². The number of nitrogen functional groups attached to an aromatic ring is 1. The van der Waals surface area contributed by atoms with Crippen molar-refractivity contribution in [2.24, 2.45) is 0 Å². The van der Waals surface area contributed by atoms with Gasteiger partial charge in [0.1, 0.15) is 0 Å². The average molecular weight is 302 g/mol. The summed E-state index contributed by atoms with van der Waals surface area (Å²) in [5, 5.41) is 6.72. The van der Waals surface area contributed by atoms with Gasteiger partial charge in [-0.3, -0.25) is 0 Å². The molecule has 100 valence electrons. The van der Waals surface area contributed by atoms with Gasteiger partial charge in [0.05, 0.1) is 16.4 Å². The smallest absolute Gasteiger partial charge is 0.187 e. The number of halogens is 1. The van der Waals surface area contributed by atoms with Gasteiger partial charge in [0, 0.05) is 16.6 Å². The summed E-state index contributed by atoms with van der Waals surface area (Å²) < 4.78 is 0. The van der Waals surface area contributed by atoms with Crippen LogP contribution >= 0.6 is 22.9 Å². The standard InChI is InChI=1S/C15H12ClN3S/c16-12-3-1-2-4-13(12)18-15-19-14(9-20-15)10-5-7-11(17)8-6-10/h1-9H,17H2,(H,18,19). The number of nitrogens with two attached hydrogens (primary N) is 1. The molecule has 0 aliphatic heterocycles. The second-order valence-electron chi connectivity index (χ2n) is 4.26. The molecule has 1 aromatic heterocycles. The van der Waals surface area contributed by atoms with Gasteiger partial charge in [-0.2, -0.15) is 0 Å². The molecule has 0 saturated carbocycles. The van der Waals surface area contributed by atoms with Crippen LogP contribution < -0.4 is 11.1 Å². The maximum atomic E-state index is 6.12. The number of hydrogen-bond donors (Lipinski definition) is 2. The lowest BCUT2D eigenvalue weighted by molar-refractivity contribution is 1.38. The van der Waals surface area contributed by atoms with E-state index < -0.39 is 0 Å². The van der Waals surface area contributed by atoms with Crippen LogP contribution in [0.2, 0.25) is 5.02 Å². The van der Waals surface area contributed by atoms with Crippen molar-refractivity contribution in [3.8, 4) is 11.3 Å². The molecule has 2 aromatic carbocycles. The number of anilines is 3. The van der Waals surface area contributed by atoms with Gasteiger partial charge < -0.3 is 11.1 Å². The normalized spacial score (nSPS) is 10.4. The van der Waals surface area contributed by atoms with Gasteiger partial charge in [-0.15, -0.1) is 11.3 Å². The molecule has 0 unspecified atom stereocenters. The summed E-state index contributed by atoms with van der Waals surface area (Å²) in [6, 6.07) is 15.3. The highest BCUT2D eigenvalue weighted by Gasteiger charge is 2.06. The van der Waals surface area contributed by atoms with E-state index in [2.05, 4.69) is 10.3 Å². The molecule has 3 rings (SSSR count). The lowest BCUT2D eigenvalue weighted by Crippen LogP contribution is -1.90. The predicted molar refractivity (Wildman–Crippen MR) is 86.7 cm³/mol. The van der Waals surface area contributed by atoms with Crippen molar-refractivity contribution in [3.05, 3.63) is 58.9 Å². The van der Waals surface area contributed by atoms with Gasteiger partial charge in [-0.05, 0) is 24.3 Å². The molecule has 20 heavy (non-hydrogen) atoms. The molecule has 0 atom stereocenters. The molecule has 5 heteroatoms. The van der Waals surface area contributed by atoms with Crippen molar-refractivity contribution in [1.82, 2.24) is 4.98 Å². The summed E-state index contributed by atoms with van der Waals surface area (Å²) in [6.45, 7) is 0. The van der Waals surface area contributed by atoms with Crippen LogP contribution in [0.15, 0.2) is 53.9 Å². The molecule has 3 nitrogen and oxygen atoms in total. The van der Waals surface area contributed by atoms with Crippen LogP contribution in [-0.2, 0) is 0 Å². The minimum absolute atomic E-state index is 0.678. The van der Waals surface area contributed by atoms with Gasteiger partial charge in [0.2, 0.25) is 0 Å². The zero-order valence-electron chi connectivity index (χ0n) is 10.5. The van der Waals surface area contributed by atoms with Crippen LogP contribution in [0.1, 0.15) is 0 Å². The van der Waals surface area contributed by atoms with Crippen LogP contribution in [-0.4, -0.2) is 4.98 Å². The number of nitrogens with zero attached hydrogens (tertiary/aromatic N) is 1. The van der Waals surface area contributed by atoms with Gasteiger partial charge in [-0.1, -0.05) is 35.9 Å². The minimum atomic E-state index is 0.678. The molecule has 0 aliphatic rings. The van der Waals surface area contributed by atoms with Gasteiger partial charge >= 0.3 is 0 Å². The highest BCUT2D eigenvalue weighted by Crippen LogP contribution is 2.30. The van der Waals surface area contributed by atoms with Crippen LogP contribution in [0.4, 0.5) is 16.5 Å². The van der Waals surface area contributed by atoms with E-state index in [4.69, 9.17) is 17.3 Å². The maximum absolute atomic E-state index is 6.12. The van der Waals surface area contributed by atoms with Crippen molar-refractivity contribution >= 4 is 39.4 Å². The first kappa shape index (κ1) is 13.0. The average Bonchev–Trinajstić information content (AvgIpc) is 2.91. The van der Waals surface area contributed by atoms with Crippen LogP contribution in [0.25, 0.3) is 11.3 Å². The second-order valence-corrected chi connectivity index (χ2v) is 5.53. The van der Waals surface area contributed by atoms with E-state index in [1.165, 1.54) is 0 Å². The zero-order chi connectivity index (χ0) is 13.9. The Morgan fingerprint density at radius 2 is 1.80 bits per heavy atom. The summed E-state index contributed by atoms with van der Waals surface area (Å²) in [7, 11) is 0. The summed E-state index contributed by atoms with van der Waals surface area (Å²) >= 11 is 7.66. The fourth-order valence-electron chi connectivity index (χ4n) is 1.80. The van der Waals surface area contributed by atoms with E-state index in [9.17, 15) is 0 Å². The molecule has 0 radical (unpaired) electrons. The number of thiazole rings is 1. The summed E-state index contributed by atoms with van der Waals surface area (Å²) in [5.74, 6) is 0. The van der Waals surface area contributed by atoms with Crippen molar-refractivity contribution in [1.29, 1.82) is 0 Å². The van der Waals surface area contributed by atoms with E-state index in [1.807, 2.05) is 53.9 Å². The summed E-state index contributed by atoms with van der Waals surface area (Å²) in [5.41, 5.74) is 9.25. The Labute approximate surface area is 126 Å². The third-order valence-corrected chi connectivity index (χ3v) is 3.91. The van der Waals surface area contributed by atoms with E-state index in [0.29, 0.717) is 5.02 Å². The molecular formula is C15H12ClN3S. The fourth-order valence-corrected chi connectivity index (χ4v) is 2.71. The van der Waals surface area contributed by atoms with Crippen molar-refractivity contribution in [2.75, 3.05) is 11.1 Å². The number of aromatic nitrogens is 1. The van der Waals surface area contributed by atoms with Gasteiger partial charge in [-0.25, -0.2) is 4.98 Å². The minimum Gasteiger partial charge on any atom is -0.399 e. The molecule has 3 aromatic rings. The summed E-state index contributed by atoms with van der Waals surface area (Å²) in [6.07, 6.45) is 0. The molecule has 0 fully saturated rings. The number of nitrogens with one attached hydrogen (secondary N) is 1. The molecule has 1 heterocycles. The number of benzene rings is 2. The molecule has 3 N–H and O–H groups in total. The topological polar surface area (TPSA) is 50.9 Å². The first-order chi connectivity index (χ1) is 9.72. The molecule has 0 spiro atoms. The Morgan fingerprint density at radius 1 is 1.05 bits per heavy atom. The molecule has 0 amide bonds. The van der Waals surface area contributed by atoms with Gasteiger partial charge in [0.15, 0.2) is 5.13 Å². The van der Waals surface area contributed by atoms with Crippen molar-refractivity contribution < 1.29 is 0 Å². The largest absolute Gasteiger partial charge is 0.399 e. The Kier molecular flexibility index (Phi) is 3.58. The van der Waals surface area contributed by atoms with Crippen LogP contribution in [0.3, 0.4) is 0 Å². The second kappa shape index (κ2) is 5.53. The third-order valence-electron chi connectivity index (χ3n) is 2.83. The number of para-hydroxylation sites is 1. The highest BCUT2D eigenvalue weighted by molar-refractivity contribution is 7.14. The predicted octanol–water partition coefficient (Wildman–Crippen LogP) is 4.79. The Morgan fingerprint density at radius 3 is 2.55 bits per heavy atom. The molecule has 0 aliphatic carbocycles. The van der Waals surface area contributed by atoms with Crippen LogP contribution in [0.5, 0.6) is 0 Å². The van der Waals surface area contributed by atoms with Crippen molar-refractivity contribution in [2.45, 2.75) is 0 Å². The number of hydrogen-bond acceptors (Lipinski definition) is 4. The third kappa shape index (κ3) is 2.76. The maximum Gasteiger partial charge on any atom is 0.187 e. The van der Waals surface area contributed by atoms with E-state index >= 15 is 0 Å². The highest BCUT2D eigenvalue weighted by atomic mass is 35.5. The molecule has 0 bridgehead atoms. The summed E-state index contributed by atoms with van der Waals surface area (Å²) in [4.78, 5) is 4.55. The quantitative estimate of drug-likeness (QED) is 0.684. The van der Waals surface area contributed by atoms with Crippen LogP contribution in [0, 0.1) is 0 Å². The Bertz CT molecular complexity index is 722. The lowest BCUT2D eigenvalue weighted by Gasteiger charge is -2.04. The monoisotopic (exact) mass is 301 g/mol. The molecule has 0 saturated heterocycles. The van der Waals surface area contributed by atoms with Gasteiger partial charge in [0.25, 0.3) is 0 Å². The zero-order valence-corrected chi connectivity index (χ0v) is 12.1. The van der Waals surface area contributed by atoms with E-state index in [0.717, 1.165) is 27.8 Å². The first-order valence-corrected chi connectivity index (χ1v) is 7.31. The Hall–Kier alpha value is -2.04. The van der Waals surface area contributed by atoms with E-state index in [1.54, 1.807) is 11.3 Å². The lowest BCUT2D eigenvalue weighted by atomic mass is 10.1. The number of rotatable bonds is 3. The fraction of sp³-hybridized carbons (Fsp3) is 0. The Balaban J connectivity index is 1.84.